The minimum atomic E-state index is 0.567. The van der Waals surface area contributed by atoms with Crippen molar-refractivity contribution in [3.63, 3.8) is 0 Å². The third-order valence-electron chi connectivity index (χ3n) is 6.53. The maximum Gasteiger partial charge on any atom is -0.0118 e. The maximum absolute atomic E-state index is 2.40. The lowest BCUT2D eigenvalue weighted by Gasteiger charge is -2.32. The summed E-state index contributed by atoms with van der Waals surface area (Å²) in [7, 11) is 0. The number of hydrogen-bond donors (Lipinski definition) is 0. The van der Waals surface area contributed by atoms with E-state index < -0.39 is 0 Å². The number of rotatable bonds is 4. The van der Waals surface area contributed by atoms with Crippen molar-refractivity contribution in [3.05, 3.63) is 82.9 Å². The monoisotopic (exact) mass is 354 g/mol. The fourth-order valence-electron chi connectivity index (χ4n) is 4.83. The first-order chi connectivity index (χ1) is 13.2. The van der Waals surface area contributed by atoms with E-state index in [1.165, 1.54) is 52.6 Å². The molecule has 0 bridgehead atoms. The Hall–Kier alpha value is -2.34. The molecule has 0 aromatic heterocycles. The fourth-order valence-corrected chi connectivity index (χ4v) is 4.83. The zero-order valence-corrected chi connectivity index (χ0v) is 17.0. The van der Waals surface area contributed by atoms with Crippen LogP contribution in [0.25, 0.3) is 22.3 Å². The standard InChI is InChI=1S/C27H30/c1-5-18(3)27-25(21-12-8-7-11-19(21)4)16-15-24-23-14-10-9-13-22(23)20(6-2)17-26(24)27/h7-16,18,20H,5-6,17H2,1-4H3. The van der Waals surface area contributed by atoms with Crippen molar-refractivity contribution in [2.24, 2.45) is 0 Å². The van der Waals surface area contributed by atoms with Crippen LogP contribution >= 0.6 is 0 Å². The average Bonchev–Trinajstić information content (AvgIpc) is 2.72. The van der Waals surface area contributed by atoms with Crippen LogP contribution in [-0.4, -0.2) is 0 Å². The normalized spacial score (nSPS) is 16.5. The molecule has 0 radical (unpaired) electrons. The Morgan fingerprint density at radius 1 is 0.815 bits per heavy atom. The van der Waals surface area contributed by atoms with Crippen LogP contribution < -0.4 is 0 Å². The van der Waals surface area contributed by atoms with Crippen molar-refractivity contribution >= 4 is 0 Å². The van der Waals surface area contributed by atoms with E-state index in [4.69, 9.17) is 0 Å². The molecule has 3 aromatic rings. The Bertz CT molecular complexity index is 964. The van der Waals surface area contributed by atoms with Gasteiger partial charge in [0.1, 0.15) is 0 Å². The molecule has 27 heavy (non-hydrogen) atoms. The Balaban J connectivity index is 2.01. The summed E-state index contributed by atoms with van der Waals surface area (Å²) in [5, 5.41) is 0. The third-order valence-corrected chi connectivity index (χ3v) is 6.53. The molecule has 138 valence electrons. The lowest BCUT2D eigenvalue weighted by molar-refractivity contribution is 0.637. The second-order valence-corrected chi connectivity index (χ2v) is 8.07. The molecule has 1 aliphatic carbocycles. The van der Waals surface area contributed by atoms with Gasteiger partial charge in [0, 0.05) is 0 Å². The Morgan fingerprint density at radius 2 is 1.48 bits per heavy atom. The van der Waals surface area contributed by atoms with E-state index in [1.54, 1.807) is 11.1 Å². The lowest BCUT2D eigenvalue weighted by atomic mass is 9.72. The molecule has 2 atom stereocenters. The first kappa shape index (κ1) is 18.0. The van der Waals surface area contributed by atoms with Crippen molar-refractivity contribution < 1.29 is 0 Å². The minimum Gasteiger partial charge on any atom is -0.0648 e. The topological polar surface area (TPSA) is 0 Å². The van der Waals surface area contributed by atoms with E-state index in [-0.39, 0.29) is 0 Å². The zero-order chi connectivity index (χ0) is 19.0. The molecule has 0 saturated carbocycles. The third kappa shape index (κ3) is 3.02. The number of aryl methyl sites for hydroxylation is 1. The maximum atomic E-state index is 2.40. The van der Waals surface area contributed by atoms with E-state index in [0.29, 0.717) is 11.8 Å². The van der Waals surface area contributed by atoms with E-state index in [2.05, 4.69) is 88.4 Å². The molecule has 1 aliphatic rings. The molecule has 0 heteroatoms. The van der Waals surface area contributed by atoms with Crippen LogP contribution in [0.4, 0.5) is 0 Å². The van der Waals surface area contributed by atoms with Gasteiger partial charge >= 0.3 is 0 Å². The number of fused-ring (bicyclic) bond motifs is 3. The summed E-state index contributed by atoms with van der Waals surface area (Å²) in [5.74, 6) is 1.20. The highest BCUT2D eigenvalue weighted by Gasteiger charge is 2.28. The van der Waals surface area contributed by atoms with Gasteiger partial charge < -0.3 is 0 Å². The highest BCUT2D eigenvalue weighted by Crippen LogP contribution is 2.47. The molecule has 0 heterocycles. The summed E-state index contributed by atoms with van der Waals surface area (Å²) in [6.07, 6.45) is 3.54. The second-order valence-electron chi connectivity index (χ2n) is 8.07. The Kier molecular flexibility index (Phi) is 4.91. The van der Waals surface area contributed by atoms with Gasteiger partial charge in [0.05, 0.1) is 0 Å². The largest absolute Gasteiger partial charge is 0.0648 e. The number of benzene rings is 3. The van der Waals surface area contributed by atoms with Gasteiger partial charge in [-0.1, -0.05) is 81.4 Å². The van der Waals surface area contributed by atoms with Crippen LogP contribution in [0.15, 0.2) is 60.7 Å². The van der Waals surface area contributed by atoms with Crippen molar-refractivity contribution in [3.8, 4) is 22.3 Å². The molecule has 4 rings (SSSR count). The van der Waals surface area contributed by atoms with E-state index in [1.807, 2.05) is 0 Å². The van der Waals surface area contributed by atoms with E-state index >= 15 is 0 Å². The molecular formula is C27H30. The van der Waals surface area contributed by atoms with Crippen LogP contribution in [0.2, 0.25) is 0 Å². The van der Waals surface area contributed by atoms with Gasteiger partial charge in [-0.3, -0.25) is 0 Å². The highest BCUT2D eigenvalue weighted by molar-refractivity contribution is 5.82. The summed E-state index contributed by atoms with van der Waals surface area (Å²) in [5.41, 5.74) is 11.8. The summed E-state index contributed by atoms with van der Waals surface area (Å²) in [6.45, 7) is 9.29. The van der Waals surface area contributed by atoms with Crippen LogP contribution in [0.5, 0.6) is 0 Å². The highest BCUT2D eigenvalue weighted by atomic mass is 14.3. The molecule has 0 nitrogen and oxygen atoms in total. The predicted molar refractivity (Wildman–Crippen MR) is 117 cm³/mol. The zero-order valence-electron chi connectivity index (χ0n) is 17.0. The van der Waals surface area contributed by atoms with Crippen molar-refractivity contribution in [2.75, 3.05) is 0 Å². The van der Waals surface area contributed by atoms with Gasteiger partial charge in [0.2, 0.25) is 0 Å². The van der Waals surface area contributed by atoms with Crippen molar-refractivity contribution in [2.45, 2.75) is 58.8 Å². The fraction of sp³-hybridized carbons (Fsp3) is 0.333. The average molecular weight is 355 g/mol. The van der Waals surface area contributed by atoms with E-state index in [9.17, 15) is 0 Å². The molecule has 0 fully saturated rings. The van der Waals surface area contributed by atoms with Gasteiger partial charge in [-0.2, -0.15) is 0 Å². The molecule has 0 aliphatic heterocycles. The molecule has 3 aromatic carbocycles. The van der Waals surface area contributed by atoms with Crippen LogP contribution in [0, 0.1) is 6.92 Å². The van der Waals surface area contributed by atoms with Gasteiger partial charge in [0.25, 0.3) is 0 Å². The van der Waals surface area contributed by atoms with Gasteiger partial charge in [0.15, 0.2) is 0 Å². The molecule has 0 saturated heterocycles. The van der Waals surface area contributed by atoms with Gasteiger partial charge in [-0.05, 0) is 82.5 Å². The first-order valence-electron chi connectivity index (χ1n) is 10.5. The van der Waals surface area contributed by atoms with Gasteiger partial charge in [-0.15, -0.1) is 0 Å². The minimum absolute atomic E-state index is 0.567. The Morgan fingerprint density at radius 3 is 2.19 bits per heavy atom. The summed E-state index contributed by atoms with van der Waals surface area (Å²) >= 11 is 0. The number of hydrogen-bond acceptors (Lipinski definition) is 0. The first-order valence-corrected chi connectivity index (χ1v) is 10.5. The smallest absolute Gasteiger partial charge is 0.0118 e. The van der Waals surface area contributed by atoms with Crippen LogP contribution in [0.3, 0.4) is 0 Å². The molecule has 0 amide bonds. The quantitative estimate of drug-likeness (QED) is 0.447. The SMILES string of the molecule is CCC(C)c1c(-c2ccccc2C)ccc2c1CC(CC)c1ccccc1-2. The van der Waals surface area contributed by atoms with Gasteiger partial charge in [-0.25, -0.2) is 0 Å². The Labute approximate surface area is 164 Å². The lowest BCUT2D eigenvalue weighted by Crippen LogP contribution is -2.14. The van der Waals surface area contributed by atoms with Crippen LogP contribution in [-0.2, 0) is 6.42 Å². The van der Waals surface area contributed by atoms with Crippen molar-refractivity contribution in [1.82, 2.24) is 0 Å². The molecule has 2 unspecified atom stereocenters. The summed E-state index contributed by atoms with van der Waals surface area (Å²) in [6, 6.07) is 22.7. The predicted octanol–water partition coefficient (Wildman–Crippen LogP) is 7.89. The molecular weight excluding hydrogens is 324 g/mol. The molecule has 0 spiro atoms. The second kappa shape index (κ2) is 7.35. The molecule has 0 N–H and O–H groups in total. The van der Waals surface area contributed by atoms with Crippen LogP contribution in [0.1, 0.15) is 67.7 Å². The summed E-state index contributed by atoms with van der Waals surface area (Å²) < 4.78 is 0. The summed E-state index contributed by atoms with van der Waals surface area (Å²) in [4.78, 5) is 0. The van der Waals surface area contributed by atoms with Crippen molar-refractivity contribution in [1.29, 1.82) is 0 Å². The van der Waals surface area contributed by atoms with E-state index in [0.717, 1.165) is 0 Å².